The van der Waals surface area contributed by atoms with Gasteiger partial charge in [0.15, 0.2) is 5.16 Å². The number of carbonyl (C=O) groups excluding carboxylic acids is 1. The van der Waals surface area contributed by atoms with E-state index in [4.69, 9.17) is 0 Å². The number of rotatable bonds is 4. The largest absolute Gasteiger partial charge is 0.372 e. The number of thioether (sulfide) groups is 1. The van der Waals surface area contributed by atoms with E-state index in [9.17, 15) is 4.79 Å². The van der Waals surface area contributed by atoms with Crippen LogP contribution in [-0.4, -0.2) is 34.2 Å². The molecule has 0 unspecified atom stereocenters. The van der Waals surface area contributed by atoms with Crippen LogP contribution in [0.4, 0.5) is 11.5 Å². The molecule has 0 spiro atoms. The minimum absolute atomic E-state index is 0.0974. The number of aromatic nitrogens is 2. The molecule has 1 N–H and O–H groups in total. The molecule has 6 heteroatoms. The number of anilines is 2. The SMILES string of the molecule is CNc1nc(S[C@H](C)C(=O)N2c3ccccc3C[C@H]2C)nc2ccccc12. The van der Waals surface area contributed by atoms with Crippen molar-refractivity contribution in [3.05, 3.63) is 54.1 Å². The predicted octanol–water partition coefficient (Wildman–Crippen LogP) is 4.13. The highest BCUT2D eigenvalue weighted by atomic mass is 32.2. The van der Waals surface area contributed by atoms with E-state index in [1.807, 2.05) is 61.3 Å². The maximum atomic E-state index is 13.2. The van der Waals surface area contributed by atoms with Crippen LogP contribution in [0.5, 0.6) is 0 Å². The fourth-order valence-corrected chi connectivity index (χ4v) is 4.43. The number of fused-ring (bicyclic) bond motifs is 2. The summed E-state index contributed by atoms with van der Waals surface area (Å²) in [4.78, 5) is 24.3. The lowest BCUT2D eigenvalue weighted by atomic mass is 10.1. The van der Waals surface area contributed by atoms with Crippen molar-refractivity contribution in [2.45, 2.75) is 36.7 Å². The highest BCUT2D eigenvalue weighted by molar-refractivity contribution is 8.00. The summed E-state index contributed by atoms with van der Waals surface area (Å²) in [6.45, 7) is 4.03. The Bertz CT molecular complexity index is 1010. The Kier molecular flexibility index (Phi) is 4.74. The zero-order chi connectivity index (χ0) is 19.0. The predicted molar refractivity (Wildman–Crippen MR) is 111 cm³/mol. The van der Waals surface area contributed by atoms with Crippen molar-refractivity contribution in [1.29, 1.82) is 0 Å². The Morgan fingerprint density at radius 1 is 1.19 bits per heavy atom. The molecule has 1 aromatic heterocycles. The van der Waals surface area contributed by atoms with Crippen LogP contribution in [0.1, 0.15) is 19.4 Å². The summed E-state index contributed by atoms with van der Waals surface area (Å²) in [6, 6.07) is 16.2. The molecule has 0 radical (unpaired) electrons. The molecule has 0 fully saturated rings. The molecule has 2 heterocycles. The topological polar surface area (TPSA) is 58.1 Å². The molecule has 1 aliphatic heterocycles. The second-order valence-corrected chi connectivity index (χ2v) is 8.08. The number of para-hydroxylation sites is 2. The molecule has 2 aromatic carbocycles. The van der Waals surface area contributed by atoms with Gasteiger partial charge < -0.3 is 10.2 Å². The molecule has 0 saturated carbocycles. The lowest BCUT2D eigenvalue weighted by Crippen LogP contribution is -2.40. The minimum Gasteiger partial charge on any atom is -0.372 e. The van der Waals surface area contributed by atoms with Gasteiger partial charge in [-0.25, -0.2) is 9.97 Å². The molecular weight excluding hydrogens is 356 g/mol. The molecule has 27 heavy (non-hydrogen) atoms. The molecule has 0 aliphatic carbocycles. The number of carbonyl (C=O) groups is 1. The van der Waals surface area contributed by atoms with Crippen molar-refractivity contribution in [2.24, 2.45) is 0 Å². The number of benzene rings is 2. The molecule has 1 amide bonds. The summed E-state index contributed by atoms with van der Waals surface area (Å²) in [6.07, 6.45) is 0.898. The van der Waals surface area contributed by atoms with E-state index in [1.165, 1.54) is 17.3 Å². The highest BCUT2D eigenvalue weighted by Crippen LogP contribution is 2.35. The third-order valence-electron chi connectivity index (χ3n) is 4.89. The Balaban J connectivity index is 1.60. The van der Waals surface area contributed by atoms with Crippen LogP contribution in [-0.2, 0) is 11.2 Å². The van der Waals surface area contributed by atoms with Gasteiger partial charge in [0.1, 0.15) is 5.82 Å². The third kappa shape index (κ3) is 3.25. The van der Waals surface area contributed by atoms with Crippen LogP contribution in [0.3, 0.4) is 0 Å². The van der Waals surface area contributed by atoms with Crippen LogP contribution in [0.15, 0.2) is 53.7 Å². The minimum atomic E-state index is -0.274. The van der Waals surface area contributed by atoms with Crippen molar-refractivity contribution >= 4 is 40.1 Å². The smallest absolute Gasteiger partial charge is 0.240 e. The summed E-state index contributed by atoms with van der Waals surface area (Å²) in [7, 11) is 1.85. The Hall–Kier alpha value is -2.60. The van der Waals surface area contributed by atoms with Crippen molar-refractivity contribution in [1.82, 2.24) is 9.97 Å². The number of amides is 1. The maximum Gasteiger partial charge on any atom is 0.240 e. The Morgan fingerprint density at radius 3 is 2.74 bits per heavy atom. The van der Waals surface area contributed by atoms with Gasteiger partial charge in [-0.15, -0.1) is 0 Å². The quantitative estimate of drug-likeness (QED) is 0.546. The molecule has 0 saturated heterocycles. The first-order chi connectivity index (χ1) is 13.1. The van der Waals surface area contributed by atoms with E-state index >= 15 is 0 Å². The van der Waals surface area contributed by atoms with Gasteiger partial charge in [-0.2, -0.15) is 0 Å². The van der Waals surface area contributed by atoms with E-state index < -0.39 is 0 Å². The number of hydrogen-bond acceptors (Lipinski definition) is 5. The lowest BCUT2D eigenvalue weighted by molar-refractivity contribution is -0.118. The molecule has 1 aliphatic rings. The highest BCUT2D eigenvalue weighted by Gasteiger charge is 2.33. The molecular formula is C21H22N4OS. The second kappa shape index (κ2) is 7.19. The van der Waals surface area contributed by atoms with Gasteiger partial charge in [-0.1, -0.05) is 42.1 Å². The van der Waals surface area contributed by atoms with Crippen LogP contribution < -0.4 is 10.2 Å². The fraction of sp³-hybridized carbons (Fsp3) is 0.286. The summed E-state index contributed by atoms with van der Waals surface area (Å²) in [5, 5.41) is 4.44. The summed E-state index contributed by atoms with van der Waals surface area (Å²) < 4.78 is 0. The van der Waals surface area contributed by atoms with Crippen molar-refractivity contribution in [3.63, 3.8) is 0 Å². The average Bonchev–Trinajstić information content (AvgIpc) is 3.02. The van der Waals surface area contributed by atoms with Crippen LogP contribution in [0.25, 0.3) is 10.9 Å². The van der Waals surface area contributed by atoms with Crippen LogP contribution >= 0.6 is 11.8 Å². The summed E-state index contributed by atoms with van der Waals surface area (Å²) in [5.41, 5.74) is 3.13. The number of hydrogen-bond donors (Lipinski definition) is 1. The molecule has 5 nitrogen and oxygen atoms in total. The zero-order valence-electron chi connectivity index (χ0n) is 15.6. The van der Waals surface area contributed by atoms with E-state index in [2.05, 4.69) is 28.3 Å². The molecule has 138 valence electrons. The summed E-state index contributed by atoms with van der Waals surface area (Å²) in [5.74, 6) is 0.878. The molecule has 4 rings (SSSR count). The normalized spacial score (nSPS) is 17.0. The van der Waals surface area contributed by atoms with E-state index in [0.717, 1.165) is 28.8 Å². The first-order valence-electron chi connectivity index (χ1n) is 9.10. The standard InChI is InChI=1S/C21H22N4OS/c1-13-12-15-8-4-7-11-18(15)25(13)20(26)14(2)27-21-23-17-10-6-5-9-16(17)19(22-3)24-21/h4-11,13-14H,12H2,1-3H3,(H,22,23,24)/t13-,14-/m1/s1. The second-order valence-electron chi connectivity index (χ2n) is 6.77. The molecule has 3 aromatic rings. The fourth-order valence-electron chi connectivity index (χ4n) is 3.60. The maximum absolute atomic E-state index is 13.2. The van der Waals surface area contributed by atoms with Gasteiger partial charge in [0, 0.05) is 24.2 Å². The van der Waals surface area contributed by atoms with Gasteiger partial charge in [-0.3, -0.25) is 4.79 Å². The van der Waals surface area contributed by atoms with Crippen LogP contribution in [0, 0.1) is 0 Å². The van der Waals surface area contributed by atoms with Gasteiger partial charge in [0.2, 0.25) is 5.91 Å². The van der Waals surface area contributed by atoms with Crippen LogP contribution in [0.2, 0.25) is 0 Å². The number of nitrogens with zero attached hydrogens (tertiary/aromatic N) is 3. The van der Waals surface area contributed by atoms with E-state index in [-0.39, 0.29) is 17.2 Å². The third-order valence-corrected chi connectivity index (χ3v) is 5.84. The molecule has 2 atom stereocenters. The van der Waals surface area contributed by atoms with Gasteiger partial charge in [-0.05, 0) is 44.0 Å². The van der Waals surface area contributed by atoms with Crippen molar-refractivity contribution in [2.75, 3.05) is 17.3 Å². The molecule has 0 bridgehead atoms. The first-order valence-corrected chi connectivity index (χ1v) is 9.98. The first kappa shape index (κ1) is 17.8. The van der Waals surface area contributed by atoms with Crippen molar-refractivity contribution in [3.8, 4) is 0 Å². The van der Waals surface area contributed by atoms with Gasteiger partial charge >= 0.3 is 0 Å². The van der Waals surface area contributed by atoms with E-state index in [0.29, 0.717) is 5.16 Å². The van der Waals surface area contributed by atoms with Gasteiger partial charge in [0.05, 0.1) is 10.8 Å². The average molecular weight is 379 g/mol. The lowest BCUT2D eigenvalue weighted by Gasteiger charge is -2.25. The zero-order valence-corrected chi connectivity index (χ0v) is 16.5. The summed E-state index contributed by atoms with van der Waals surface area (Å²) >= 11 is 1.41. The Morgan fingerprint density at radius 2 is 1.93 bits per heavy atom. The number of nitrogens with one attached hydrogen (secondary N) is 1. The monoisotopic (exact) mass is 378 g/mol. The van der Waals surface area contributed by atoms with E-state index in [1.54, 1.807) is 0 Å². The Labute approximate surface area is 163 Å². The van der Waals surface area contributed by atoms with Gasteiger partial charge in [0.25, 0.3) is 0 Å². The van der Waals surface area contributed by atoms with Crippen molar-refractivity contribution < 1.29 is 4.79 Å².